The van der Waals surface area contributed by atoms with E-state index < -0.39 is 11.7 Å². The number of amidine groups is 1. The zero-order valence-electron chi connectivity index (χ0n) is 19.7. The third-order valence-electron chi connectivity index (χ3n) is 5.59. The molecule has 192 valence electrons. The van der Waals surface area contributed by atoms with Crippen LogP contribution in [-0.2, 0) is 6.18 Å². The van der Waals surface area contributed by atoms with Crippen LogP contribution in [0, 0.1) is 5.82 Å². The molecule has 3 aromatic carbocycles. The molecule has 37 heavy (non-hydrogen) atoms. The van der Waals surface area contributed by atoms with Crippen LogP contribution in [0.4, 0.5) is 17.6 Å². The number of hydrogen-bond acceptors (Lipinski definition) is 3. The summed E-state index contributed by atoms with van der Waals surface area (Å²) in [5.41, 5.74) is 7.91. The number of alkyl halides is 3. The Kier molecular flexibility index (Phi) is 8.68. The Morgan fingerprint density at radius 1 is 1.03 bits per heavy atom. The second-order valence-corrected chi connectivity index (χ2v) is 10.6. The topological polar surface area (TPSA) is 66.3 Å². The van der Waals surface area contributed by atoms with Gasteiger partial charge in [-0.15, -0.1) is 0 Å². The Hall–Kier alpha value is -3.14. The van der Waals surface area contributed by atoms with Gasteiger partial charge in [0.15, 0.2) is 0 Å². The van der Waals surface area contributed by atoms with Gasteiger partial charge in [-0.05, 0) is 0 Å². The molecule has 0 bridgehead atoms. The van der Waals surface area contributed by atoms with Crippen LogP contribution in [0.15, 0.2) is 98.2 Å². The molecule has 0 spiro atoms. The molecule has 11 heteroatoms. The van der Waals surface area contributed by atoms with Crippen molar-refractivity contribution >= 4 is 43.3 Å². The molecule has 1 aliphatic heterocycles. The molecule has 3 aromatic rings. The molecule has 1 unspecified atom stereocenters. The summed E-state index contributed by atoms with van der Waals surface area (Å²) < 4.78 is 57.3. The number of rotatable bonds is 5. The minimum absolute atomic E-state index is 0.0246. The molecule has 1 aliphatic rings. The summed E-state index contributed by atoms with van der Waals surface area (Å²) in [4.78, 5) is 4.98. The second-order valence-electron chi connectivity index (χ2n) is 8.03. The van der Waals surface area contributed by atoms with Gasteiger partial charge < -0.3 is 0 Å². The summed E-state index contributed by atoms with van der Waals surface area (Å²) in [6.45, 7) is 0.490. The van der Waals surface area contributed by atoms with Crippen LogP contribution in [0.2, 0.25) is 5.82 Å². The first-order chi connectivity index (χ1) is 17.7. The van der Waals surface area contributed by atoms with Crippen molar-refractivity contribution in [1.29, 1.82) is 0 Å². The summed E-state index contributed by atoms with van der Waals surface area (Å²) in [5.74, 6) is 1.80. The average Bonchev–Trinajstić information content (AvgIpc) is 2.91. The third-order valence-corrected chi connectivity index (χ3v) is 7.40. The first kappa shape index (κ1) is 26.9. The van der Waals surface area contributed by atoms with Crippen molar-refractivity contribution < 1.29 is 17.6 Å². The van der Waals surface area contributed by atoms with Gasteiger partial charge in [0.1, 0.15) is 0 Å². The molecule has 0 aromatic heterocycles. The molecular formula is C26H23F4N5SSe. The standard InChI is InChI=1S/C26H23F4N5SSe/c1-37-24(31)32-25(34-36-21-13-9-19(10-14-21)26(28,29)30)35-16-15-22(17-5-3-2-4-6-17)23(33-35)18-7-11-20(27)12-8-18/h2-14,22H,15-16H2,1H3,(H2,31,32,34). The second kappa shape index (κ2) is 11.9. The van der Waals surface area contributed by atoms with Crippen molar-refractivity contribution in [3.8, 4) is 0 Å². The van der Waals surface area contributed by atoms with E-state index in [1.54, 1.807) is 17.1 Å². The molecular weight excluding hydrogens is 569 g/mol. The van der Waals surface area contributed by atoms with Crippen LogP contribution in [0.25, 0.3) is 0 Å². The number of hydrazone groups is 1. The van der Waals surface area contributed by atoms with E-state index in [1.165, 1.54) is 24.3 Å². The quantitative estimate of drug-likeness (QED) is 0.127. The third kappa shape index (κ3) is 7.00. The number of guanidine groups is 1. The molecule has 1 atom stereocenters. The van der Waals surface area contributed by atoms with Crippen LogP contribution in [0.5, 0.6) is 0 Å². The van der Waals surface area contributed by atoms with Crippen LogP contribution < -0.4 is 5.73 Å². The molecule has 4 rings (SSSR count). The molecule has 0 fully saturated rings. The molecule has 0 saturated heterocycles. The molecule has 0 radical (unpaired) electrons. The van der Waals surface area contributed by atoms with Gasteiger partial charge in [0.25, 0.3) is 0 Å². The van der Waals surface area contributed by atoms with E-state index in [0.29, 0.717) is 22.6 Å². The molecule has 0 amide bonds. The van der Waals surface area contributed by atoms with E-state index >= 15 is 0 Å². The number of nitrogens with zero attached hydrogens (tertiary/aromatic N) is 4. The van der Waals surface area contributed by atoms with Crippen molar-refractivity contribution in [2.24, 2.45) is 20.2 Å². The maximum absolute atomic E-state index is 13.6. The zero-order chi connectivity index (χ0) is 26.4. The summed E-state index contributed by atoms with van der Waals surface area (Å²) in [6, 6.07) is 20.9. The fraction of sp³-hybridized carbons (Fsp3) is 0.192. The first-order valence-electron chi connectivity index (χ1n) is 11.2. The summed E-state index contributed by atoms with van der Waals surface area (Å²) in [7, 11) is 0. The first-order valence-corrected chi connectivity index (χ1v) is 14.6. The van der Waals surface area contributed by atoms with Crippen LogP contribution in [0.3, 0.4) is 0 Å². The Balaban J connectivity index is 1.70. The van der Waals surface area contributed by atoms with Gasteiger partial charge in [0.05, 0.1) is 0 Å². The van der Waals surface area contributed by atoms with Crippen molar-refractivity contribution in [3.63, 3.8) is 0 Å². The number of aliphatic imine (C=N–C) groups is 1. The summed E-state index contributed by atoms with van der Waals surface area (Å²) >= 11 is 0.917. The monoisotopic (exact) mass is 593 g/mol. The van der Waals surface area contributed by atoms with Crippen molar-refractivity contribution in [1.82, 2.24) is 5.01 Å². The van der Waals surface area contributed by atoms with Gasteiger partial charge in [-0.2, -0.15) is 0 Å². The Morgan fingerprint density at radius 3 is 2.32 bits per heavy atom. The fourth-order valence-electron chi connectivity index (χ4n) is 3.74. The van der Waals surface area contributed by atoms with Gasteiger partial charge in [0.2, 0.25) is 0 Å². The van der Waals surface area contributed by atoms with Crippen LogP contribution in [-0.4, -0.2) is 42.9 Å². The average molecular weight is 593 g/mol. The number of halogens is 4. The zero-order valence-corrected chi connectivity index (χ0v) is 22.2. The molecule has 5 nitrogen and oxygen atoms in total. The van der Waals surface area contributed by atoms with Crippen LogP contribution in [0.1, 0.15) is 29.0 Å². The Morgan fingerprint density at radius 2 is 1.70 bits per heavy atom. The number of nitrogens with two attached hydrogens (primary N) is 1. The molecule has 0 aliphatic carbocycles. The fourth-order valence-corrected chi connectivity index (χ4v) is 4.68. The van der Waals surface area contributed by atoms with Crippen molar-refractivity contribution in [2.75, 3.05) is 6.54 Å². The van der Waals surface area contributed by atoms with Gasteiger partial charge in [-0.25, -0.2) is 0 Å². The van der Waals surface area contributed by atoms with E-state index in [-0.39, 0.29) is 32.7 Å². The van der Waals surface area contributed by atoms with E-state index in [0.717, 1.165) is 40.9 Å². The SMILES string of the molecule is C[Se]/C(N)=N/C(=N/Sc1ccc(C(F)(F)F)cc1)N1CCC(c2ccccc2)C(c2ccc(F)cc2)=N1. The van der Waals surface area contributed by atoms with E-state index in [4.69, 9.17) is 10.8 Å². The summed E-state index contributed by atoms with van der Waals surface area (Å²) in [5, 5.41) is 6.51. The molecule has 2 N–H and O–H groups in total. The van der Waals surface area contributed by atoms with E-state index in [9.17, 15) is 17.6 Å². The van der Waals surface area contributed by atoms with E-state index in [2.05, 4.69) is 9.39 Å². The number of hydrogen-bond donors (Lipinski definition) is 1. The van der Waals surface area contributed by atoms with Gasteiger partial charge in [0, 0.05) is 0 Å². The molecule has 0 saturated carbocycles. The predicted octanol–water partition coefficient (Wildman–Crippen LogP) is 6.17. The predicted molar refractivity (Wildman–Crippen MR) is 141 cm³/mol. The van der Waals surface area contributed by atoms with Crippen molar-refractivity contribution in [3.05, 3.63) is 101 Å². The number of benzene rings is 3. The normalized spacial score (nSPS) is 17.1. The Bertz CT molecular complexity index is 1290. The Labute approximate surface area is 222 Å². The van der Waals surface area contributed by atoms with Crippen LogP contribution >= 0.6 is 11.9 Å². The van der Waals surface area contributed by atoms with Crippen molar-refractivity contribution in [2.45, 2.75) is 29.2 Å². The van der Waals surface area contributed by atoms with Gasteiger partial charge in [-0.3, -0.25) is 0 Å². The van der Waals surface area contributed by atoms with Gasteiger partial charge in [-0.1, -0.05) is 0 Å². The maximum atomic E-state index is 13.6. The van der Waals surface area contributed by atoms with Gasteiger partial charge >= 0.3 is 223 Å². The minimum atomic E-state index is -4.41. The molecule has 1 heterocycles. The summed E-state index contributed by atoms with van der Waals surface area (Å²) in [6.07, 6.45) is -3.72. The van der Waals surface area contributed by atoms with E-state index in [1.807, 2.05) is 36.2 Å².